The molecule has 0 saturated heterocycles. The van der Waals surface area contributed by atoms with E-state index < -0.39 is 5.82 Å². The molecule has 2 bridgehead atoms. The summed E-state index contributed by atoms with van der Waals surface area (Å²) < 4.78 is 16.1. The number of halogens is 1. The molecule has 156 valence electrons. The Labute approximate surface area is 179 Å². The van der Waals surface area contributed by atoms with Crippen LogP contribution in [0.1, 0.15) is 46.0 Å². The van der Waals surface area contributed by atoms with E-state index in [4.69, 9.17) is 0 Å². The largest absolute Gasteiger partial charge is 0.507 e. The Kier molecular flexibility index (Phi) is 4.57. The van der Waals surface area contributed by atoms with Gasteiger partial charge in [0.15, 0.2) is 5.82 Å². The Morgan fingerprint density at radius 3 is 2.57 bits per heavy atom. The highest BCUT2D eigenvalue weighted by Gasteiger charge is 2.49. The Hall–Kier alpha value is -2.48. The number of nitrogens with zero attached hydrogens (tertiary/aromatic N) is 5. The summed E-state index contributed by atoms with van der Waals surface area (Å²) in [7, 11) is 0. The van der Waals surface area contributed by atoms with E-state index in [1.165, 1.54) is 55.1 Å². The summed E-state index contributed by atoms with van der Waals surface area (Å²) in [6.45, 7) is 4.81. The Balaban J connectivity index is 1.35. The maximum atomic E-state index is 14.6. The highest BCUT2D eigenvalue weighted by atomic mass is 32.2. The molecular weight excluding hydrogens is 401 g/mol. The second-order valence-electron chi connectivity index (χ2n) is 9.36. The second-order valence-corrected chi connectivity index (χ2v) is 10.7. The number of hydrogen-bond acceptors (Lipinski definition) is 6. The van der Waals surface area contributed by atoms with Gasteiger partial charge in [-0.15, -0.1) is 10.2 Å². The first-order valence-corrected chi connectivity index (χ1v) is 11.1. The van der Waals surface area contributed by atoms with Crippen molar-refractivity contribution in [2.45, 2.75) is 56.2 Å². The number of benzene rings is 1. The fraction of sp³-hybridized carbons (Fsp3) is 0.455. The molecule has 1 N–H and O–H groups in total. The van der Waals surface area contributed by atoms with Gasteiger partial charge in [0, 0.05) is 23.7 Å². The van der Waals surface area contributed by atoms with E-state index in [1.54, 1.807) is 30.4 Å². The maximum absolute atomic E-state index is 14.6. The van der Waals surface area contributed by atoms with E-state index in [1.807, 2.05) is 0 Å². The summed E-state index contributed by atoms with van der Waals surface area (Å²) in [6.07, 6.45) is 12.6. The lowest BCUT2D eigenvalue weighted by atomic mass is 9.71. The van der Waals surface area contributed by atoms with E-state index in [9.17, 15) is 9.50 Å². The van der Waals surface area contributed by atoms with Crippen molar-refractivity contribution >= 4 is 11.8 Å². The monoisotopic (exact) mass is 425 g/mol. The van der Waals surface area contributed by atoms with Gasteiger partial charge in [-0.2, -0.15) is 0 Å². The number of imidazole rings is 1. The normalized spacial score (nSPS) is 28.0. The predicted molar refractivity (Wildman–Crippen MR) is 113 cm³/mol. The van der Waals surface area contributed by atoms with Crippen LogP contribution in [0.4, 0.5) is 4.39 Å². The minimum absolute atomic E-state index is 0.105. The second kappa shape index (κ2) is 7.04. The molecule has 2 aliphatic carbocycles. The minimum atomic E-state index is -0.498. The smallest absolute Gasteiger partial charge is 0.185 e. The number of aromatic nitrogens is 5. The van der Waals surface area contributed by atoms with Crippen LogP contribution < -0.4 is 0 Å². The lowest BCUT2D eigenvalue weighted by Gasteiger charge is -2.39. The van der Waals surface area contributed by atoms with Crippen LogP contribution in [0, 0.1) is 16.6 Å². The number of aromatic hydroxyl groups is 1. The number of fused-ring (bicyclic) bond motifs is 2. The molecule has 2 heterocycles. The van der Waals surface area contributed by atoms with Crippen LogP contribution in [0.2, 0.25) is 0 Å². The van der Waals surface area contributed by atoms with Gasteiger partial charge in [0.05, 0.1) is 23.8 Å². The first-order chi connectivity index (χ1) is 14.3. The van der Waals surface area contributed by atoms with Crippen molar-refractivity contribution in [2.24, 2.45) is 10.8 Å². The van der Waals surface area contributed by atoms with Crippen LogP contribution in [0.25, 0.3) is 17.1 Å². The molecule has 2 fully saturated rings. The number of phenolic OH excluding ortho intramolecular Hbond substituents is 1. The van der Waals surface area contributed by atoms with Crippen LogP contribution >= 0.6 is 11.8 Å². The fourth-order valence-electron chi connectivity index (χ4n) is 5.36. The molecule has 5 rings (SSSR count). The fourth-order valence-corrected chi connectivity index (χ4v) is 6.87. The quantitative estimate of drug-likeness (QED) is 0.632. The van der Waals surface area contributed by atoms with Crippen molar-refractivity contribution < 1.29 is 9.50 Å². The van der Waals surface area contributed by atoms with Crippen LogP contribution in [0.3, 0.4) is 0 Å². The maximum Gasteiger partial charge on any atom is 0.185 e. The van der Waals surface area contributed by atoms with E-state index in [0.717, 1.165) is 5.03 Å². The average molecular weight is 426 g/mol. The standard InChI is InChI=1S/C22H24FN5OS/c1-21-3-4-22(2,12-21)10-14(9-21)30-19-11-25-20(27-26-19)15-7-16(23)17(8-18(15)29)28-6-5-24-13-28/h5-8,11,13-14,29H,3-4,9-10,12H2,1-2H3/t14-,21-,22+. The number of thioether (sulfide) groups is 1. The molecule has 2 aliphatic rings. The van der Waals surface area contributed by atoms with Crippen molar-refractivity contribution in [2.75, 3.05) is 0 Å². The number of rotatable bonds is 4. The van der Waals surface area contributed by atoms with Gasteiger partial charge >= 0.3 is 0 Å². The first-order valence-electron chi connectivity index (χ1n) is 10.2. The predicted octanol–water partition coefficient (Wildman–Crippen LogP) is 5.02. The zero-order valence-electron chi connectivity index (χ0n) is 17.0. The van der Waals surface area contributed by atoms with Crippen LogP contribution in [0.5, 0.6) is 5.75 Å². The first kappa shape index (κ1) is 19.5. The van der Waals surface area contributed by atoms with E-state index in [-0.39, 0.29) is 22.8 Å². The molecule has 0 amide bonds. The van der Waals surface area contributed by atoms with Crippen molar-refractivity contribution in [3.8, 4) is 22.8 Å². The summed E-state index contributed by atoms with van der Waals surface area (Å²) in [5, 5.41) is 20.2. The van der Waals surface area contributed by atoms with Gasteiger partial charge in [-0.3, -0.25) is 0 Å². The summed E-state index contributed by atoms with van der Waals surface area (Å²) >= 11 is 1.74. The SMILES string of the molecule is C[C@]12CC[C@](C)(C[C@@H](Sc3cnc(-c4cc(F)c(-n5ccnc5)cc4O)nn3)C1)C2. The summed E-state index contributed by atoms with van der Waals surface area (Å²) in [5.74, 6) is -0.399. The number of phenols is 1. The van der Waals surface area contributed by atoms with Crippen LogP contribution in [-0.2, 0) is 0 Å². The van der Waals surface area contributed by atoms with Crippen molar-refractivity contribution in [1.29, 1.82) is 0 Å². The van der Waals surface area contributed by atoms with Crippen LogP contribution in [-0.4, -0.2) is 35.1 Å². The molecule has 0 radical (unpaired) electrons. The van der Waals surface area contributed by atoms with Gasteiger partial charge in [-0.1, -0.05) is 25.6 Å². The van der Waals surface area contributed by atoms with E-state index in [0.29, 0.717) is 16.1 Å². The molecule has 0 spiro atoms. The third-order valence-electron chi connectivity index (χ3n) is 6.54. The molecule has 8 heteroatoms. The van der Waals surface area contributed by atoms with E-state index in [2.05, 4.69) is 34.0 Å². The molecule has 2 aromatic heterocycles. The number of hydrogen-bond donors (Lipinski definition) is 1. The molecular formula is C22H24FN5OS. The highest BCUT2D eigenvalue weighted by molar-refractivity contribution is 7.99. The molecule has 0 aliphatic heterocycles. The molecule has 3 atom stereocenters. The summed E-state index contributed by atoms with van der Waals surface area (Å²) in [6, 6.07) is 2.58. The summed E-state index contributed by atoms with van der Waals surface area (Å²) in [4.78, 5) is 8.26. The molecule has 30 heavy (non-hydrogen) atoms. The zero-order chi connectivity index (χ0) is 20.9. The lowest BCUT2D eigenvalue weighted by molar-refractivity contribution is 0.177. The third kappa shape index (κ3) is 3.57. The molecule has 1 aromatic carbocycles. The van der Waals surface area contributed by atoms with Crippen molar-refractivity contribution in [1.82, 2.24) is 24.7 Å². The molecule has 6 nitrogen and oxygen atoms in total. The Morgan fingerprint density at radius 1 is 1.17 bits per heavy atom. The third-order valence-corrected chi connectivity index (χ3v) is 7.64. The Morgan fingerprint density at radius 2 is 1.93 bits per heavy atom. The van der Waals surface area contributed by atoms with Gasteiger partial charge in [-0.25, -0.2) is 14.4 Å². The Bertz CT molecular complexity index is 1060. The van der Waals surface area contributed by atoms with Crippen molar-refractivity contribution in [3.63, 3.8) is 0 Å². The highest BCUT2D eigenvalue weighted by Crippen LogP contribution is 2.60. The molecule has 2 saturated carbocycles. The molecule has 3 aromatic rings. The average Bonchev–Trinajstić information content (AvgIpc) is 3.30. The van der Waals surface area contributed by atoms with E-state index >= 15 is 0 Å². The van der Waals surface area contributed by atoms with Gasteiger partial charge in [0.2, 0.25) is 0 Å². The summed E-state index contributed by atoms with van der Waals surface area (Å²) in [5.41, 5.74) is 1.30. The van der Waals surface area contributed by atoms with Crippen molar-refractivity contribution in [3.05, 3.63) is 42.9 Å². The van der Waals surface area contributed by atoms with Gasteiger partial charge in [-0.05, 0) is 49.0 Å². The van der Waals surface area contributed by atoms with Crippen LogP contribution in [0.15, 0.2) is 42.1 Å². The lowest BCUT2D eigenvalue weighted by Crippen LogP contribution is -2.31. The minimum Gasteiger partial charge on any atom is -0.507 e. The van der Waals surface area contributed by atoms with Gasteiger partial charge in [0.1, 0.15) is 16.6 Å². The zero-order valence-corrected chi connectivity index (χ0v) is 17.9. The topological polar surface area (TPSA) is 76.7 Å². The molecule has 0 unspecified atom stereocenters. The van der Waals surface area contributed by atoms with Gasteiger partial charge in [0.25, 0.3) is 0 Å². The van der Waals surface area contributed by atoms with Gasteiger partial charge < -0.3 is 9.67 Å².